The van der Waals surface area contributed by atoms with E-state index in [0.29, 0.717) is 5.69 Å². The highest BCUT2D eigenvalue weighted by Crippen LogP contribution is 2.11. The van der Waals surface area contributed by atoms with Crippen molar-refractivity contribution in [3.63, 3.8) is 0 Å². The molecular formula is C10H12N2O4S. The minimum atomic E-state index is -0.958. The van der Waals surface area contributed by atoms with Gasteiger partial charge in [-0.2, -0.15) is 11.3 Å². The number of amides is 3. The lowest BCUT2D eigenvalue weighted by Gasteiger charge is -2.04. The van der Waals surface area contributed by atoms with E-state index in [9.17, 15) is 14.4 Å². The molecule has 0 aromatic carbocycles. The molecular weight excluding hydrogens is 244 g/mol. The summed E-state index contributed by atoms with van der Waals surface area (Å²) in [5, 5.41) is 16.5. The van der Waals surface area contributed by atoms with Crippen LogP contribution in [0.25, 0.3) is 0 Å². The van der Waals surface area contributed by atoms with Gasteiger partial charge in [-0.05, 0) is 17.9 Å². The van der Waals surface area contributed by atoms with Gasteiger partial charge in [-0.1, -0.05) is 0 Å². The fraction of sp³-hybridized carbons (Fsp3) is 0.300. The topological polar surface area (TPSA) is 95.5 Å². The molecule has 0 bridgehead atoms. The van der Waals surface area contributed by atoms with E-state index in [4.69, 9.17) is 5.11 Å². The molecule has 17 heavy (non-hydrogen) atoms. The molecule has 0 fully saturated rings. The summed E-state index contributed by atoms with van der Waals surface area (Å²) >= 11 is 1.42. The van der Waals surface area contributed by atoms with Gasteiger partial charge in [0.1, 0.15) is 0 Å². The van der Waals surface area contributed by atoms with Crippen LogP contribution in [0.5, 0.6) is 0 Å². The van der Waals surface area contributed by atoms with Gasteiger partial charge >= 0.3 is 12.0 Å². The molecule has 7 heteroatoms. The first kappa shape index (κ1) is 13.2. The molecule has 3 amide bonds. The Balaban J connectivity index is 2.22. The zero-order valence-electron chi connectivity index (χ0n) is 8.93. The number of hydrogen-bond acceptors (Lipinski definition) is 4. The summed E-state index contributed by atoms with van der Waals surface area (Å²) < 4.78 is 0. The second kappa shape index (κ2) is 6.64. The summed E-state index contributed by atoms with van der Waals surface area (Å²) in [5.41, 5.74) is 0.617. The third kappa shape index (κ3) is 5.67. The van der Waals surface area contributed by atoms with Crippen LogP contribution < -0.4 is 10.6 Å². The van der Waals surface area contributed by atoms with Gasteiger partial charge in [0.25, 0.3) is 0 Å². The maximum atomic E-state index is 11.3. The Kier molecular flexibility index (Phi) is 5.15. The average molecular weight is 256 g/mol. The minimum Gasteiger partial charge on any atom is -0.481 e. The molecule has 1 aromatic heterocycles. The van der Waals surface area contributed by atoms with Crippen molar-refractivity contribution in [3.8, 4) is 0 Å². The van der Waals surface area contributed by atoms with Crippen LogP contribution in [0.1, 0.15) is 19.3 Å². The Hall–Kier alpha value is -1.89. The molecule has 0 atom stereocenters. The Morgan fingerprint density at radius 3 is 2.65 bits per heavy atom. The Bertz CT molecular complexity index is 402. The number of urea groups is 1. The molecule has 0 aliphatic heterocycles. The van der Waals surface area contributed by atoms with Crippen molar-refractivity contribution < 1.29 is 19.5 Å². The first-order valence-electron chi connectivity index (χ1n) is 4.93. The van der Waals surface area contributed by atoms with E-state index in [1.54, 1.807) is 16.8 Å². The predicted molar refractivity (Wildman–Crippen MR) is 63.0 cm³/mol. The van der Waals surface area contributed by atoms with Crippen molar-refractivity contribution in [2.24, 2.45) is 0 Å². The van der Waals surface area contributed by atoms with Crippen molar-refractivity contribution in [3.05, 3.63) is 16.8 Å². The van der Waals surface area contributed by atoms with Crippen molar-refractivity contribution in [2.75, 3.05) is 5.32 Å². The van der Waals surface area contributed by atoms with Crippen LogP contribution in [0.3, 0.4) is 0 Å². The second-order valence-electron chi connectivity index (χ2n) is 3.26. The van der Waals surface area contributed by atoms with Gasteiger partial charge in [0.15, 0.2) is 0 Å². The lowest BCUT2D eigenvalue weighted by atomic mass is 10.2. The van der Waals surface area contributed by atoms with E-state index < -0.39 is 17.9 Å². The van der Waals surface area contributed by atoms with E-state index in [1.807, 2.05) is 0 Å². The molecule has 0 aliphatic rings. The predicted octanol–water partition coefficient (Wildman–Crippen LogP) is 1.65. The van der Waals surface area contributed by atoms with E-state index in [0.717, 1.165) is 0 Å². The van der Waals surface area contributed by atoms with Gasteiger partial charge in [-0.25, -0.2) is 4.79 Å². The van der Waals surface area contributed by atoms with Crippen molar-refractivity contribution in [1.82, 2.24) is 5.32 Å². The third-order valence-corrected chi connectivity index (χ3v) is 2.51. The van der Waals surface area contributed by atoms with Gasteiger partial charge in [0, 0.05) is 18.2 Å². The van der Waals surface area contributed by atoms with Crippen LogP contribution in [-0.4, -0.2) is 23.0 Å². The zero-order chi connectivity index (χ0) is 12.7. The van der Waals surface area contributed by atoms with Gasteiger partial charge in [-0.15, -0.1) is 0 Å². The van der Waals surface area contributed by atoms with Crippen LogP contribution in [0.15, 0.2) is 16.8 Å². The lowest BCUT2D eigenvalue weighted by molar-refractivity contribution is -0.137. The molecule has 6 nitrogen and oxygen atoms in total. The standard InChI is InChI=1S/C10H12N2O4S/c13-8(2-1-3-9(14)15)12-10(16)11-7-4-5-17-6-7/h4-6H,1-3H2,(H,14,15)(H2,11,12,13,16). The highest BCUT2D eigenvalue weighted by atomic mass is 32.1. The Morgan fingerprint density at radius 2 is 2.06 bits per heavy atom. The average Bonchev–Trinajstić information content (AvgIpc) is 2.69. The smallest absolute Gasteiger partial charge is 0.325 e. The summed E-state index contributed by atoms with van der Waals surface area (Å²) in [6, 6.07) is 1.10. The number of carboxylic acids is 1. The van der Waals surface area contributed by atoms with Crippen molar-refractivity contribution >= 4 is 34.9 Å². The summed E-state index contributed by atoms with van der Waals surface area (Å²) in [7, 11) is 0. The van der Waals surface area contributed by atoms with E-state index in [-0.39, 0.29) is 19.3 Å². The van der Waals surface area contributed by atoms with Gasteiger partial charge in [0.2, 0.25) is 5.91 Å². The minimum absolute atomic E-state index is 0.0172. The number of nitrogens with one attached hydrogen (secondary N) is 2. The van der Waals surface area contributed by atoms with E-state index in [1.165, 1.54) is 11.3 Å². The maximum Gasteiger partial charge on any atom is 0.325 e. The summed E-state index contributed by atoms with van der Waals surface area (Å²) in [6.07, 6.45) is 0.149. The lowest BCUT2D eigenvalue weighted by Crippen LogP contribution is -2.34. The molecule has 0 unspecified atom stereocenters. The van der Waals surface area contributed by atoms with Crippen LogP contribution in [0, 0.1) is 0 Å². The van der Waals surface area contributed by atoms with Crippen molar-refractivity contribution in [1.29, 1.82) is 0 Å². The third-order valence-electron chi connectivity index (χ3n) is 1.83. The van der Waals surface area contributed by atoms with Crippen LogP contribution >= 0.6 is 11.3 Å². The second-order valence-corrected chi connectivity index (χ2v) is 4.04. The number of rotatable bonds is 5. The summed E-state index contributed by atoms with van der Waals surface area (Å²) in [5.74, 6) is -1.44. The first-order chi connectivity index (χ1) is 8.08. The number of hydrogen-bond donors (Lipinski definition) is 3. The molecule has 0 aliphatic carbocycles. The van der Waals surface area contributed by atoms with Crippen LogP contribution in [0.2, 0.25) is 0 Å². The molecule has 92 valence electrons. The summed E-state index contributed by atoms with van der Waals surface area (Å²) in [6.45, 7) is 0. The van der Waals surface area contributed by atoms with Crippen LogP contribution in [0.4, 0.5) is 10.5 Å². The summed E-state index contributed by atoms with van der Waals surface area (Å²) in [4.78, 5) is 32.7. The normalized spacial score (nSPS) is 9.65. The molecule has 0 spiro atoms. The highest BCUT2D eigenvalue weighted by molar-refractivity contribution is 7.08. The fourth-order valence-electron chi connectivity index (χ4n) is 1.09. The van der Waals surface area contributed by atoms with Gasteiger partial charge in [0.05, 0.1) is 5.69 Å². The number of carbonyl (C=O) groups excluding carboxylic acids is 2. The number of imide groups is 1. The monoisotopic (exact) mass is 256 g/mol. The largest absolute Gasteiger partial charge is 0.481 e. The maximum absolute atomic E-state index is 11.3. The van der Waals surface area contributed by atoms with Gasteiger partial charge in [-0.3, -0.25) is 14.9 Å². The number of carbonyl (C=O) groups is 3. The van der Waals surface area contributed by atoms with E-state index in [2.05, 4.69) is 10.6 Å². The molecule has 0 saturated carbocycles. The fourth-order valence-corrected chi connectivity index (χ4v) is 1.68. The number of anilines is 1. The Morgan fingerprint density at radius 1 is 1.29 bits per heavy atom. The van der Waals surface area contributed by atoms with Gasteiger partial charge < -0.3 is 10.4 Å². The number of aliphatic carboxylic acids is 1. The first-order valence-corrected chi connectivity index (χ1v) is 5.87. The number of thiophene rings is 1. The molecule has 3 N–H and O–H groups in total. The molecule has 1 heterocycles. The molecule has 1 aromatic rings. The SMILES string of the molecule is O=C(O)CCCC(=O)NC(=O)Nc1ccsc1. The van der Waals surface area contributed by atoms with E-state index >= 15 is 0 Å². The zero-order valence-corrected chi connectivity index (χ0v) is 9.75. The highest BCUT2D eigenvalue weighted by Gasteiger charge is 2.08. The molecule has 1 rings (SSSR count). The molecule has 0 radical (unpaired) electrons. The van der Waals surface area contributed by atoms with Crippen LogP contribution in [-0.2, 0) is 9.59 Å². The quantitative estimate of drug-likeness (QED) is 0.746. The molecule has 0 saturated heterocycles. The Labute approximate surface area is 102 Å². The van der Waals surface area contributed by atoms with Crippen molar-refractivity contribution in [2.45, 2.75) is 19.3 Å². The number of carboxylic acid groups (broad SMARTS) is 1.